The number of amides is 1. The van der Waals surface area contributed by atoms with Gasteiger partial charge in [-0.15, -0.1) is 0 Å². The van der Waals surface area contributed by atoms with Crippen LogP contribution in [0.5, 0.6) is 0 Å². The predicted octanol–water partition coefficient (Wildman–Crippen LogP) is -0.359. The van der Waals surface area contributed by atoms with Gasteiger partial charge in [0.05, 0.1) is 24.7 Å². The lowest BCUT2D eigenvalue weighted by Gasteiger charge is -2.30. The standard InChI is InChI=1S/C11H16NO3/c1-2-11(7-13,8-14)12-10(15)9-5-3-4-6-9/h3-6,13-14H,2,7-8H2,1H3,(H,12,15). The van der Waals surface area contributed by atoms with Crippen molar-refractivity contribution in [3.8, 4) is 0 Å². The molecule has 0 atom stereocenters. The summed E-state index contributed by atoms with van der Waals surface area (Å²) in [6.07, 6.45) is 7.38. The molecule has 4 nitrogen and oxygen atoms in total. The van der Waals surface area contributed by atoms with Crippen molar-refractivity contribution in [2.45, 2.75) is 18.9 Å². The number of aliphatic hydroxyl groups is 2. The fourth-order valence-corrected chi connectivity index (χ4v) is 1.28. The third kappa shape index (κ3) is 2.92. The number of hydrogen-bond acceptors (Lipinski definition) is 3. The first-order valence-electron chi connectivity index (χ1n) is 4.93. The van der Waals surface area contributed by atoms with Gasteiger partial charge in [0.1, 0.15) is 0 Å². The van der Waals surface area contributed by atoms with Crippen LogP contribution in [-0.2, 0) is 4.79 Å². The van der Waals surface area contributed by atoms with Gasteiger partial charge in [0.2, 0.25) is 5.91 Å². The molecule has 15 heavy (non-hydrogen) atoms. The normalized spacial score (nSPS) is 18.1. The van der Waals surface area contributed by atoms with Gasteiger partial charge < -0.3 is 15.5 Å². The number of nitrogens with one attached hydrogen (secondary N) is 1. The Labute approximate surface area is 90.7 Å². The average Bonchev–Trinajstić information content (AvgIpc) is 2.79. The van der Waals surface area contributed by atoms with Gasteiger partial charge in [0.15, 0.2) is 0 Å². The fraction of sp³-hybridized carbons (Fsp3) is 0.455. The van der Waals surface area contributed by atoms with E-state index in [1.807, 2.05) is 0 Å². The van der Waals surface area contributed by atoms with Crippen LogP contribution >= 0.6 is 0 Å². The molecule has 0 saturated heterocycles. The molecule has 83 valence electrons. The summed E-state index contributed by atoms with van der Waals surface area (Å²) in [5.74, 6) is 0.264. The summed E-state index contributed by atoms with van der Waals surface area (Å²) >= 11 is 0. The number of carbonyl (C=O) groups excluding carboxylic acids is 1. The van der Waals surface area contributed by atoms with Gasteiger partial charge in [-0.25, -0.2) is 0 Å². The third-order valence-electron chi connectivity index (χ3n) is 2.59. The van der Waals surface area contributed by atoms with E-state index in [2.05, 4.69) is 5.32 Å². The van der Waals surface area contributed by atoms with Crippen LogP contribution < -0.4 is 5.32 Å². The second-order valence-electron chi connectivity index (χ2n) is 3.58. The Morgan fingerprint density at radius 1 is 1.33 bits per heavy atom. The molecule has 1 rings (SSSR count). The molecule has 3 N–H and O–H groups in total. The van der Waals surface area contributed by atoms with Crippen molar-refractivity contribution in [3.05, 3.63) is 31.6 Å². The molecule has 1 aliphatic rings. The van der Waals surface area contributed by atoms with Gasteiger partial charge in [-0.3, -0.25) is 4.79 Å². The molecule has 1 amide bonds. The number of aliphatic hydroxyl groups excluding tert-OH is 2. The Morgan fingerprint density at radius 2 is 1.87 bits per heavy atom. The maximum atomic E-state index is 11.7. The van der Waals surface area contributed by atoms with Crippen LogP contribution in [0.2, 0.25) is 0 Å². The highest BCUT2D eigenvalue weighted by Crippen LogP contribution is 2.24. The second-order valence-corrected chi connectivity index (χ2v) is 3.58. The first-order valence-corrected chi connectivity index (χ1v) is 4.93. The van der Waals surface area contributed by atoms with Gasteiger partial charge in [-0.05, 0) is 32.1 Å². The van der Waals surface area contributed by atoms with E-state index in [9.17, 15) is 4.79 Å². The van der Waals surface area contributed by atoms with Crippen LogP contribution in [0, 0.1) is 31.6 Å². The molecule has 4 heteroatoms. The zero-order valence-electron chi connectivity index (χ0n) is 8.73. The summed E-state index contributed by atoms with van der Waals surface area (Å²) < 4.78 is 0. The first-order chi connectivity index (χ1) is 7.17. The lowest BCUT2D eigenvalue weighted by molar-refractivity contribution is -0.122. The van der Waals surface area contributed by atoms with Crippen LogP contribution in [-0.4, -0.2) is 34.9 Å². The summed E-state index contributed by atoms with van der Waals surface area (Å²) in [7, 11) is 0. The van der Waals surface area contributed by atoms with E-state index in [1.54, 1.807) is 32.6 Å². The molecule has 0 bridgehead atoms. The molecule has 0 spiro atoms. The average molecular weight is 210 g/mol. The summed E-state index contributed by atoms with van der Waals surface area (Å²) in [6.45, 7) is 1.26. The van der Waals surface area contributed by atoms with Gasteiger partial charge >= 0.3 is 0 Å². The number of hydrogen-bond donors (Lipinski definition) is 3. The molecule has 1 fully saturated rings. The summed E-state index contributed by atoms with van der Waals surface area (Å²) in [6, 6.07) is 0. The molecule has 1 saturated carbocycles. The van der Waals surface area contributed by atoms with Gasteiger partial charge in [0, 0.05) is 0 Å². The molecule has 0 unspecified atom stereocenters. The van der Waals surface area contributed by atoms with Crippen LogP contribution in [0.15, 0.2) is 0 Å². The zero-order valence-corrected chi connectivity index (χ0v) is 8.73. The largest absolute Gasteiger partial charge is 0.394 e. The molecular weight excluding hydrogens is 194 g/mol. The third-order valence-corrected chi connectivity index (χ3v) is 2.59. The van der Waals surface area contributed by atoms with Crippen molar-refractivity contribution in [1.29, 1.82) is 0 Å². The smallest absolute Gasteiger partial charge is 0.228 e. The van der Waals surface area contributed by atoms with Crippen LogP contribution in [0.4, 0.5) is 0 Å². The van der Waals surface area contributed by atoms with Crippen molar-refractivity contribution in [3.63, 3.8) is 0 Å². The van der Waals surface area contributed by atoms with Crippen LogP contribution in [0.3, 0.4) is 0 Å². The minimum Gasteiger partial charge on any atom is -0.394 e. The zero-order chi connectivity index (χ0) is 11.3. The second kappa shape index (κ2) is 5.47. The quantitative estimate of drug-likeness (QED) is 0.580. The highest BCUT2D eigenvalue weighted by atomic mass is 16.3. The van der Waals surface area contributed by atoms with Crippen molar-refractivity contribution in [1.82, 2.24) is 5.32 Å². The van der Waals surface area contributed by atoms with E-state index in [0.29, 0.717) is 12.3 Å². The van der Waals surface area contributed by atoms with Crippen molar-refractivity contribution in [2.24, 2.45) is 0 Å². The Hall–Kier alpha value is -0.610. The van der Waals surface area contributed by atoms with Crippen molar-refractivity contribution < 1.29 is 15.0 Å². The van der Waals surface area contributed by atoms with E-state index < -0.39 is 5.54 Å². The Balaban J connectivity index is 2.53. The van der Waals surface area contributed by atoms with Crippen LogP contribution in [0.25, 0.3) is 0 Å². The highest BCUT2D eigenvalue weighted by Gasteiger charge is 2.33. The first kappa shape index (κ1) is 12.5. The fourth-order valence-electron chi connectivity index (χ4n) is 1.28. The van der Waals surface area contributed by atoms with E-state index in [4.69, 9.17) is 10.2 Å². The maximum Gasteiger partial charge on any atom is 0.228 e. The van der Waals surface area contributed by atoms with E-state index >= 15 is 0 Å². The molecule has 5 radical (unpaired) electrons. The maximum absolute atomic E-state index is 11.7. The highest BCUT2D eigenvalue weighted by molar-refractivity contribution is 5.96. The van der Waals surface area contributed by atoms with E-state index in [-0.39, 0.29) is 19.1 Å². The van der Waals surface area contributed by atoms with Crippen molar-refractivity contribution in [2.75, 3.05) is 13.2 Å². The molecule has 0 aromatic rings. The summed E-state index contributed by atoms with van der Waals surface area (Å²) in [5.41, 5.74) is -0.922. The van der Waals surface area contributed by atoms with E-state index in [0.717, 1.165) is 0 Å². The van der Waals surface area contributed by atoms with Gasteiger partial charge in [-0.1, -0.05) is 6.92 Å². The topological polar surface area (TPSA) is 69.6 Å². The lowest BCUT2D eigenvalue weighted by atomic mass is 9.96. The van der Waals surface area contributed by atoms with Crippen molar-refractivity contribution >= 4 is 5.91 Å². The molecule has 0 aromatic carbocycles. The number of rotatable bonds is 5. The van der Waals surface area contributed by atoms with E-state index in [1.165, 1.54) is 0 Å². The summed E-state index contributed by atoms with van der Waals surface area (Å²) in [4.78, 5) is 11.7. The number of carbonyl (C=O) groups is 1. The molecule has 0 heterocycles. The minimum atomic E-state index is -0.922. The predicted molar refractivity (Wildman–Crippen MR) is 55.8 cm³/mol. The molecule has 1 aliphatic carbocycles. The summed E-state index contributed by atoms with van der Waals surface area (Å²) in [5, 5.41) is 20.9. The Bertz CT molecular complexity index is 200. The van der Waals surface area contributed by atoms with Crippen LogP contribution in [0.1, 0.15) is 13.3 Å². The molecular formula is C11H16NO3. The SMILES string of the molecule is CCC(CO)(CO)NC(=O)[C]1[CH][CH][CH][CH]1. The Morgan fingerprint density at radius 3 is 2.27 bits per heavy atom. The molecule has 0 aliphatic heterocycles. The lowest BCUT2D eigenvalue weighted by Crippen LogP contribution is -2.54. The Kier molecular flexibility index (Phi) is 4.54. The van der Waals surface area contributed by atoms with Gasteiger partial charge in [0.25, 0.3) is 0 Å². The molecule has 0 aromatic heterocycles. The minimum absolute atomic E-state index is 0.271. The van der Waals surface area contributed by atoms with Gasteiger partial charge in [-0.2, -0.15) is 0 Å². The monoisotopic (exact) mass is 210 g/mol.